The first-order valence-corrected chi connectivity index (χ1v) is 11.1. The van der Waals surface area contributed by atoms with Gasteiger partial charge in [-0.25, -0.2) is 12.8 Å². The topological polar surface area (TPSA) is 104 Å². The SMILES string of the molecule is CC(=O)Nc1ccc(F)c(NC(=O)c2ccc(NS(=O)(=O)c3cc(C)ccc3C)cc2)c1. The molecule has 0 spiro atoms. The number of amides is 2. The van der Waals surface area contributed by atoms with Crippen LogP contribution in [0.1, 0.15) is 28.4 Å². The fraction of sp³-hybridized carbons (Fsp3) is 0.130. The van der Waals surface area contributed by atoms with Crippen LogP contribution in [0.4, 0.5) is 21.5 Å². The summed E-state index contributed by atoms with van der Waals surface area (Å²) in [6.45, 7) is 4.83. The average molecular weight is 456 g/mol. The van der Waals surface area contributed by atoms with E-state index < -0.39 is 21.7 Å². The van der Waals surface area contributed by atoms with Crippen molar-refractivity contribution in [3.8, 4) is 0 Å². The molecule has 0 aliphatic carbocycles. The molecule has 0 aromatic heterocycles. The highest BCUT2D eigenvalue weighted by Crippen LogP contribution is 2.23. The van der Waals surface area contributed by atoms with Gasteiger partial charge in [-0.1, -0.05) is 12.1 Å². The van der Waals surface area contributed by atoms with Crippen LogP contribution in [0.5, 0.6) is 0 Å². The maximum Gasteiger partial charge on any atom is 0.262 e. The van der Waals surface area contributed by atoms with Crippen molar-refractivity contribution in [2.45, 2.75) is 25.7 Å². The Hall–Kier alpha value is -3.72. The third kappa shape index (κ3) is 5.50. The second kappa shape index (κ2) is 9.19. The Bertz CT molecular complexity index is 1290. The molecule has 0 atom stereocenters. The van der Waals surface area contributed by atoms with Crippen molar-refractivity contribution >= 4 is 38.9 Å². The predicted molar refractivity (Wildman–Crippen MR) is 122 cm³/mol. The van der Waals surface area contributed by atoms with Crippen LogP contribution in [0.3, 0.4) is 0 Å². The molecule has 0 saturated carbocycles. The van der Waals surface area contributed by atoms with Crippen LogP contribution in [-0.2, 0) is 14.8 Å². The zero-order chi connectivity index (χ0) is 23.5. The van der Waals surface area contributed by atoms with Gasteiger partial charge in [0.05, 0.1) is 10.6 Å². The van der Waals surface area contributed by atoms with E-state index in [1.54, 1.807) is 26.0 Å². The van der Waals surface area contributed by atoms with E-state index in [0.717, 1.165) is 11.6 Å². The summed E-state index contributed by atoms with van der Waals surface area (Å²) in [5.41, 5.74) is 2.15. The van der Waals surface area contributed by atoms with Gasteiger partial charge in [0.1, 0.15) is 5.82 Å². The summed E-state index contributed by atoms with van der Waals surface area (Å²) in [7, 11) is -3.80. The second-order valence-electron chi connectivity index (χ2n) is 7.28. The third-order valence-corrected chi connectivity index (χ3v) is 6.09. The molecule has 0 saturated heterocycles. The van der Waals surface area contributed by atoms with E-state index in [1.807, 2.05) is 6.07 Å². The predicted octanol–water partition coefficient (Wildman–Crippen LogP) is 4.45. The van der Waals surface area contributed by atoms with E-state index >= 15 is 0 Å². The van der Waals surface area contributed by atoms with Crippen molar-refractivity contribution in [2.24, 2.45) is 0 Å². The van der Waals surface area contributed by atoms with Gasteiger partial charge in [0.2, 0.25) is 5.91 Å². The molecule has 32 heavy (non-hydrogen) atoms. The van der Waals surface area contributed by atoms with Crippen molar-refractivity contribution in [2.75, 3.05) is 15.4 Å². The molecular weight excluding hydrogens is 433 g/mol. The first-order chi connectivity index (χ1) is 15.0. The number of aryl methyl sites for hydroxylation is 2. The number of halogens is 1. The third-order valence-electron chi connectivity index (χ3n) is 4.57. The lowest BCUT2D eigenvalue weighted by atomic mass is 10.2. The number of hydrogen-bond acceptors (Lipinski definition) is 4. The summed E-state index contributed by atoms with van der Waals surface area (Å²) in [4.78, 5) is 23.8. The number of benzene rings is 3. The number of rotatable bonds is 6. The van der Waals surface area contributed by atoms with Gasteiger partial charge in [-0.2, -0.15) is 0 Å². The molecular formula is C23H22FN3O4S. The molecule has 3 aromatic carbocycles. The number of nitrogens with one attached hydrogen (secondary N) is 3. The van der Waals surface area contributed by atoms with Crippen LogP contribution in [0.25, 0.3) is 0 Å². The highest BCUT2D eigenvalue weighted by molar-refractivity contribution is 7.92. The number of anilines is 3. The van der Waals surface area contributed by atoms with E-state index in [4.69, 9.17) is 0 Å². The summed E-state index contributed by atoms with van der Waals surface area (Å²) in [6.07, 6.45) is 0. The Kier molecular flexibility index (Phi) is 6.59. The van der Waals surface area contributed by atoms with E-state index in [1.165, 1.54) is 43.3 Å². The lowest BCUT2D eigenvalue weighted by Crippen LogP contribution is -2.16. The quantitative estimate of drug-likeness (QED) is 0.511. The van der Waals surface area contributed by atoms with Crippen LogP contribution in [0, 0.1) is 19.7 Å². The average Bonchev–Trinajstić information content (AvgIpc) is 2.72. The lowest BCUT2D eigenvalue weighted by Gasteiger charge is -2.12. The molecule has 0 aliphatic heterocycles. The normalized spacial score (nSPS) is 11.0. The number of carbonyl (C=O) groups is 2. The zero-order valence-corrected chi connectivity index (χ0v) is 18.5. The molecule has 3 rings (SSSR count). The fourth-order valence-electron chi connectivity index (χ4n) is 2.99. The summed E-state index contributed by atoms with van der Waals surface area (Å²) < 4.78 is 42.0. The Labute approximate surface area is 185 Å². The van der Waals surface area contributed by atoms with Crippen molar-refractivity contribution < 1.29 is 22.4 Å². The molecule has 166 valence electrons. The van der Waals surface area contributed by atoms with Crippen LogP contribution >= 0.6 is 0 Å². The minimum atomic E-state index is -3.80. The maximum absolute atomic E-state index is 14.1. The molecule has 0 radical (unpaired) electrons. The summed E-state index contributed by atoms with van der Waals surface area (Å²) >= 11 is 0. The van der Waals surface area contributed by atoms with E-state index in [9.17, 15) is 22.4 Å². The standard InChI is InChI=1S/C23H22FN3O4S/c1-14-4-5-15(2)22(12-14)32(30,31)27-18-8-6-17(7-9-18)23(29)26-21-13-19(25-16(3)28)10-11-20(21)24/h4-13,27H,1-3H3,(H,25,28)(H,26,29). The first kappa shape index (κ1) is 23.0. The largest absolute Gasteiger partial charge is 0.326 e. The molecule has 7 nitrogen and oxygen atoms in total. The number of sulfonamides is 1. The second-order valence-corrected chi connectivity index (χ2v) is 8.93. The monoisotopic (exact) mass is 455 g/mol. The molecule has 3 N–H and O–H groups in total. The highest BCUT2D eigenvalue weighted by Gasteiger charge is 2.18. The maximum atomic E-state index is 14.1. The van der Waals surface area contributed by atoms with E-state index in [2.05, 4.69) is 15.4 Å². The van der Waals surface area contributed by atoms with E-state index in [-0.39, 0.29) is 27.7 Å². The summed E-state index contributed by atoms with van der Waals surface area (Å²) in [5.74, 6) is -1.58. The molecule has 3 aromatic rings. The molecule has 0 bridgehead atoms. The fourth-order valence-corrected chi connectivity index (χ4v) is 4.38. The van der Waals surface area contributed by atoms with E-state index in [0.29, 0.717) is 11.3 Å². The van der Waals surface area contributed by atoms with Gasteiger partial charge < -0.3 is 10.6 Å². The zero-order valence-electron chi connectivity index (χ0n) is 17.7. The van der Waals surface area contributed by atoms with Gasteiger partial charge in [0.25, 0.3) is 15.9 Å². The Morgan fingerprint density at radius 2 is 1.50 bits per heavy atom. The van der Waals surface area contributed by atoms with Gasteiger partial charge in [-0.05, 0) is 73.5 Å². The lowest BCUT2D eigenvalue weighted by molar-refractivity contribution is -0.114. The van der Waals surface area contributed by atoms with Crippen molar-refractivity contribution in [3.05, 3.63) is 83.2 Å². The molecule has 0 unspecified atom stereocenters. The molecule has 0 fully saturated rings. The van der Waals surface area contributed by atoms with Crippen molar-refractivity contribution in [3.63, 3.8) is 0 Å². The smallest absolute Gasteiger partial charge is 0.262 e. The molecule has 2 amide bonds. The van der Waals surface area contributed by atoms with Crippen LogP contribution in [0.2, 0.25) is 0 Å². The van der Waals surface area contributed by atoms with Gasteiger partial charge in [0, 0.05) is 23.9 Å². The first-order valence-electron chi connectivity index (χ1n) is 9.64. The van der Waals surface area contributed by atoms with Crippen molar-refractivity contribution in [1.29, 1.82) is 0 Å². The summed E-state index contributed by atoms with van der Waals surface area (Å²) in [6, 6.07) is 14.7. The molecule has 0 heterocycles. The van der Waals surface area contributed by atoms with Gasteiger partial charge >= 0.3 is 0 Å². The van der Waals surface area contributed by atoms with Gasteiger partial charge in [-0.3, -0.25) is 14.3 Å². The minimum absolute atomic E-state index is 0.0963. The number of hydrogen-bond donors (Lipinski definition) is 3. The highest BCUT2D eigenvalue weighted by atomic mass is 32.2. The van der Waals surface area contributed by atoms with Crippen LogP contribution in [-0.4, -0.2) is 20.2 Å². The molecule has 9 heteroatoms. The molecule has 0 aliphatic rings. The van der Waals surface area contributed by atoms with Gasteiger partial charge in [0.15, 0.2) is 0 Å². The van der Waals surface area contributed by atoms with Gasteiger partial charge in [-0.15, -0.1) is 0 Å². The van der Waals surface area contributed by atoms with Crippen LogP contribution in [0.15, 0.2) is 65.6 Å². The van der Waals surface area contributed by atoms with Crippen molar-refractivity contribution in [1.82, 2.24) is 0 Å². The Balaban J connectivity index is 1.75. The summed E-state index contributed by atoms with van der Waals surface area (Å²) in [5, 5.41) is 4.96. The Morgan fingerprint density at radius 1 is 0.844 bits per heavy atom. The number of carbonyl (C=O) groups excluding carboxylic acids is 2. The minimum Gasteiger partial charge on any atom is -0.326 e. The van der Waals surface area contributed by atoms with Crippen LogP contribution < -0.4 is 15.4 Å². The Morgan fingerprint density at radius 3 is 2.16 bits per heavy atom.